The third-order valence-corrected chi connectivity index (χ3v) is 4.52. The van der Waals surface area contributed by atoms with Crippen LogP contribution in [-0.4, -0.2) is 18.2 Å². The van der Waals surface area contributed by atoms with E-state index >= 15 is 0 Å². The molecule has 0 saturated heterocycles. The molecule has 1 fully saturated rings. The minimum atomic E-state index is -5.03. The van der Waals surface area contributed by atoms with Gasteiger partial charge in [0.05, 0.1) is 11.1 Å². The molecule has 1 atom stereocenters. The Hall–Kier alpha value is -2.97. The molecule has 1 saturated carbocycles. The van der Waals surface area contributed by atoms with Crippen LogP contribution in [0.3, 0.4) is 0 Å². The van der Waals surface area contributed by atoms with E-state index in [0.29, 0.717) is 12.1 Å². The van der Waals surface area contributed by atoms with Crippen LogP contribution in [0, 0.1) is 17.6 Å². The molecule has 0 aromatic heterocycles. The van der Waals surface area contributed by atoms with Gasteiger partial charge in [0.15, 0.2) is 11.6 Å². The normalized spacial score (nSPS) is 15.8. The number of rotatable bonds is 7. The molecule has 2 aromatic carbocycles. The summed E-state index contributed by atoms with van der Waals surface area (Å²) < 4.78 is 69.1. The van der Waals surface area contributed by atoms with Gasteiger partial charge in [-0.2, -0.15) is 13.2 Å². The van der Waals surface area contributed by atoms with Gasteiger partial charge in [0.2, 0.25) is 5.91 Å². The maximum absolute atomic E-state index is 14.6. The molecule has 1 aliphatic carbocycles. The number of hydrogen-bond donors (Lipinski definition) is 1. The first kappa shape index (κ1) is 20.8. The lowest BCUT2D eigenvalue weighted by Gasteiger charge is -2.21. The van der Waals surface area contributed by atoms with Gasteiger partial charge in [0.1, 0.15) is 18.2 Å². The van der Waals surface area contributed by atoms with Crippen molar-refractivity contribution in [1.82, 2.24) is 0 Å². The lowest BCUT2D eigenvalue weighted by Crippen LogP contribution is -2.31. The Morgan fingerprint density at radius 2 is 1.79 bits per heavy atom. The number of amides is 1. The van der Waals surface area contributed by atoms with Crippen LogP contribution in [0.4, 0.5) is 22.0 Å². The number of benzene rings is 2. The number of primary amides is 1. The van der Waals surface area contributed by atoms with Crippen molar-refractivity contribution in [2.45, 2.75) is 24.9 Å². The number of carbonyl (C=O) groups excluding carboxylic acids is 1. The summed E-state index contributed by atoms with van der Waals surface area (Å²) in [6, 6.07) is 8.29. The molecular formula is C20H17F5N2O2. The summed E-state index contributed by atoms with van der Waals surface area (Å²) in [7, 11) is 0. The zero-order valence-electron chi connectivity index (χ0n) is 15.0. The fraction of sp³-hybridized carbons (Fsp3) is 0.300. The predicted octanol–water partition coefficient (Wildman–Crippen LogP) is 4.38. The number of hydrogen-bond acceptors (Lipinski definition) is 3. The standard InChI is InChI=1S/C20H17F5N2O2/c21-14-9-8-13(20(23,24)25)16(17(14)22)18(27-29-10-11-6-7-11)15(19(26)28)12-4-2-1-3-5-12/h1-5,8-9,11,15H,6-7,10H2,(H2,26,28). The largest absolute Gasteiger partial charge is 0.417 e. The van der Waals surface area contributed by atoms with Crippen molar-refractivity contribution >= 4 is 11.6 Å². The fourth-order valence-electron chi connectivity index (χ4n) is 2.88. The maximum atomic E-state index is 14.6. The van der Waals surface area contributed by atoms with E-state index in [9.17, 15) is 26.7 Å². The van der Waals surface area contributed by atoms with E-state index in [1.54, 1.807) is 6.07 Å². The second-order valence-electron chi connectivity index (χ2n) is 6.74. The molecule has 0 bridgehead atoms. The molecule has 0 spiro atoms. The summed E-state index contributed by atoms with van der Waals surface area (Å²) in [5, 5.41) is 3.66. The maximum Gasteiger partial charge on any atom is 0.417 e. The van der Waals surface area contributed by atoms with Gasteiger partial charge in [0.25, 0.3) is 0 Å². The molecule has 154 valence electrons. The van der Waals surface area contributed by atoms with Crippen LogP contribution < -0.4 is 5.73 Å². The van der Waals surface area contributed by atoms with Crippen molar-refractivity contribution in [3.63, 3.8) is 0 Å². The highest BCUT2D eigenvalue weighted by Gasteiger charge is 2.40. The van der Waals surface area contributed by atoms with Crippen molar-refractivity contribution < 1.29 is 31.6 Å². The highest BCUT2D eigenvalue weighted by molar-refractivity contribution is 6.17. The number of carbonyl (C=O) groups is 1. The molecule has 4 nitrogen and oxygen atoms in total. The van der Waals surface area contributed by atoms with E-state index in [1.807, 2.05) is 0 Å². The summed E-state index contributed by atoms with van der Waals surface area (Å²) in [4.78, 5) is 17.3. The molecule has 2 N–H and O–H groups in total. The Morgan fingerprint density at radius 1 is 1.14 bits per heavy atom. The van der Waals surface area contributed by atoms with Crippen molar-refractivity contribution in [3.05, 3.63) is 70.8 Å². The van der Waals surface area contributed by atoms with E-state index in [2.05, 4.69) is 5.16 Å². The Morgan fingerprint density at radius 3 is 2.34 bits per heavy atom. The summed E-state index contributed by atoms with van der Waals surface area (Å²) in [6.07, 6.45) is -3.30. The third-order valence-electron chi connectivity index (χ3n) is 4.52. The summed E-state index contributed by atoms with van der Waals surface area (Å²) in [5.74, 6) is -5.77. The first-order chi connectivity index (χ1) is 13.7. The average Bonchev–Trinajstić information content (AvgIpc) is 3.47. The Balaban J connectivity index is 2.21. The minimum absolute atomic E-state index is 0.0854. The molecule has 0 heterocycles. The van der Waals surface area contributed by atoms with Crippen molar-refractivity contribution in [2.24, 2.45) is 16.8 Å². The first-order valence-electron chi connectivity index (χ1n) is 8.79. The average molecular weight is 412 g/mol. The molecule has 0 aliphatic heterocycles. The first-order valence-corrected chi connectivity index (χ1v) is 8.79. The van der Waals surface area contributed by atoms with Crippen molar-refractivity contribution in [3.8, 4) is 0 Å². The van der Waals surface area contributed by atoms with Crippen molar-refractivity contribution in [2.75, 3.05) is 6.61 Å². The zero-order chi connectivity index (χ0) is 21.2. The van der Waals surface area contributed by atoms with Crippen molar-refractivity contribution in [1.29, 1.82) is 0 Å². The van der Waals surface area contributed by atoms with Gasteiger partial charge in [-0.3, -0.25) is 4.79 Å². The quantitative estimate of drug-likeness (QED) is 0.417. The topological polar surface area (TPSA) is 64.7 Å². The van der Waals surface area contributed by atoms with E-state index in [0.717, 1.165) is 12.8 Å². The zero-order valence-corrected chi connectivity index (χ0v) is 15.0. The SMILES string of the molecule is NC(=O)C(C(=NOCC1CC1)c1c(C(F)(F)F)ccc(F)c1F)c1ccccc1. The Labute approximate surface area is 163 Å². The second kappa shape index (κ2) is 8.18. The summed E-state index contributed by atoms with van der Waals surface area (Å²) >= 11 is 0. The molecule has 1 aliphatic rings. The van der Waals surface area contributed by atoms with Crippen LogP contribution in [0.5, 0.6) is 0 Å². The fourth-order valence-corrected chi connectivity index (χ4v) is 2.88. The monoisotopic (exact) mass is 412 g/mol. The van der Waals surface area contributed by atoms with Gasteiger partial charge in [-0.05, 0) is 36.5 Å². The number of alkyl halides is 3. The number of nitrogens with two attached hydrogens (primary N) is 1. The molecular weight excluding hydrogens is 395 g/mol. The number of oxime groups is 1. The van der Waals surface area contributed by atoms with Gasteiger partial charge in [-0.15, -0.1) is 0 Å². The highest BCUT2D eigenvalue weighted by Crippen LogP contribution is 2.37. The molecule has 29 heavy (non-hydrogen) atoms. The molecule has 0 radical (unpaired) electrons. The third kappa shape index (κ3) is 4.72. The van der Waals surface area contributed by atoms with Crippen LogP contribution in [-0.2, 0) is 15.8 Å². The van der Waals surface area contributed by atoms with E-state index in [-0.39, 0.29) is 18.1 Å². The van der Waals surface area contributed by atoms with E-state index in [1.165, 1.54) is 24.3 Å². The van der Waals surface area contributed by atoms with E-state index in [4.69, 9.17) is 10.6 Å². The van der Waals surface area contributed by atoms with Gasteiger partial charge in [-0.1, -0.05) is 35.5 Å². The molecule has 2 aromatic rings. The van der Waals surface area contributed by atoms with Crippen LogP contribution in [0.15, 0.2) is 47.6 Å². The van der Waals surface area contributed by atoms with Gasteiger partial charge in [0, 0.05) is 0 Å². The minimum Gasteiger partial charge on any atom is -0.395 e. The van der Waals surface area contributed by atoms with Crippen LogP contribution in [0.2, 0.25) is 0 Å². The molecule has 1 amide bonds. The summed E-state index contributed by atoms with van der Waals surface area (Å²) in [5.41, 5.74) is 2.20. The Kier molecular flexibility index (Phi) is 5.86. The lowest BCUT2D eigenvalue weighted by molar-refractivity contribution is -0.138. The number of nitrogens with zero attached hydrogens (tertiary/aromatic N) is 1. The number of halogens is 5. The predicted molar refractivity (Wildman–Crippen MR) is 95.0 cm³/mol. The second-order valence-corrected chi connectivity index (χ2v) is 6.74. The lowest BCUT2D eigenvalue weighted by atomic mass is 9.86. The van der Waals surface area contributed by atoms with Gasteiger partial charge < -0.3 is 10.6 Å². The van der Waals surface area contributed by atoms with Gasteiger partial charge in [-0.25, -0.2) is 8.78 Å². The summed E-state index contributed by atoms with van der Waals surface area (Å²) in [6.45, 7) is 0.0854. The molecule has 9 heteroatoms. The van der Waals surface area contributed by atoms with Crippen LogP contribution in [0.1, 0.15) is 35.4 Å². The van der Waals surface area contributed by atoms with Crippen LogP contribution >= 0.6 is 0 Å². The van der Waals surface area contributed by atoms with Crippen LogP contribution in [0.25, 0.3) is 0 Å². The van der Waals surface area contributed by atoms with Gasteiger partial charge >= 0.3 is 6.18 Å². The molecule has 1 unspecified atom stereocenters. The smallest absolute Gasteiger partial charge is 0.395 e. The Bertz CT molecular complexity index is 924. The highest BCUT2D eigenvalue weighted by atomic mass is 19.4. The van der Waals surface area contributed by atoms with E-state index < -0.39 is 46.5 Å². The molecule has 3 rings (SSSR count).